The molecule has 2 N–H and O–H groups in total. The van der Waals surface area contributed by atoms with Gasteiger partial charge in [-0.05, 0) is 60.7 Å². The summed E-state index contributed by atoms with van der Waals surface area (Å²) >= 11 is 6.14. The Morgan fingerprint density at radius 2 is 1.94 bits per heavy atom. The zero-order chi connectivity index (χ0) is 23.7. The first-order valence-corrected chi connectivity index (χ1v) is 12.3. The third-order valence-electron chi connectivity index (χ3n) is 6.98. The van der Waals surface area contributed by atoms with Gasteiger partial charge in [0.25, 0.3) is 5.91 Å². The number of benzene rings is 2. The average molecular weight is 481 g/mol. The Kier molecular flexibility index (Phi) is 6.68. The van der Waals surface area contributed by atoms with Crippen LogP contribution in [0.25, 0.3) is 0 Å². The molecular weight excluding hydrogens is 452 g/mol. The summed E-state index contributed by atoms with van der Waals surface area (Å²) in [5.74, 6) is -0.778. The van der Waals surface area contributed by atoms with Gasteiger partial charge in [-0.3, -0.25) is 24.6 Å². The third-order valence-corrected chi connectivity index (χ3v) is 7.22. The van der Waals surface area contributed by atoms with E-state index in [4.69, 9.17) is 11.6 Å². The quantitative estimate of drug-likeness (QED) is 0.621. The van der Waals surface area contributed by atoms with E-state index < -0.39 is 6.04 Å². The topological polar surface area (TPSA) is 81.8 Å². The second-order valence-electron chi connectivity index (χ2n) is 9.48. The molecule has 0 spiro atoms. The molecule has 2 aromatic rings. The second kappa shape index (κ2) is 9.86. The fraction of sp³-hybridized carbons (Fsp3) is 0.423. The number of fused-ring (bicyclic) bond motifs is 1. The number of carbonyl (C=O) groups excluding carboxylic acids is 3. The maximum absolute atomic E-state index is 12.9. The molecule has 3 amide bonds. The fourth-order valence-electron chi connectivity index (χ4n) is 5.26. The van der Waals surface area contributed by atoms with Crippen molar-refractivity contribution >= 4 is 29.3 Å². The van der Waals surface area contributed by atoms with Crippen molar-refractivity contribution in [2.75, 3.05) is 13.1 Å². The number of carbonyl (C=O) groups is 3. The van der Waals surface area contributed by atoms with Crippen LogP contribution in [-0.2, 0) is 29.2 Å². The highest BCUT2D eigenvalue weighted by molar-refractivity contribution is 6.30. The van der Waals surface area contributed by atoms with Gasteiger partial charge in [0.05, 0.1) is 0 Å². The minimum Gasteiger partial charge on any atom is -0.322 e. The lowest BCUT2D eigenvalue weighted by molar-refractivity contribution is -0.136. The molecule has 34 heavy (non-hydrogen) atoms. The predicted molar refractivity (Wildman–Crippen MR) is 129 cm³/mol. The minimum atomic E-state index is -0.577. The van der Waals surface area contributed by atoms with Crippen LogP contribution in [0.4, 0.5) is 0 Å². The van der Waals surface area contributed by atoms with Gasteiger partial charge in [0.1, 0.15) is 6.04 Å². The number of nitrogens with one attached hydrogen (secondary N) is 2. The fourth-order valence-corrected chi connectivity index (χ4v) is 5.47. The molecule has 0 saturated carbocycles. The number of imide groups is 1. The molecule has 0 radical (unpaired) electrons. The molecule has 5 rings (SSSR count). The summed E-state index contributed by atoms with van der Waals surface area (Å²) in [7, 11) is 0. The van der Waals surface area contributed by atoms with Crippen LogP contribution in [0.5, 0.6) is 0 Å². The van der Waals surface area contributed by atoms with Gasteiger partial charge >= 0.3 is 0 Å². The zero-order valence-corrected chi connectivity index (χ0v) is 19.8. The Labute approximate surface area is 204 Å². The molecule has 2 fully saturated rings. The lowest BCUT2D eigenvalue weighted by Crippen LogP contribution is -2.52. The van der Waals surface area contributed by atoms with Crippen molar-refractivity contribution in [1.82, 2.24) is 20.4 Å². The van der Waals surface area contributed by atoms with Gasteiger partial charge in [-0.15, -0.1) is 0 Å². The summed E-state index contributed by atoms with van der Waals surface area (Å²) in [6.45, 7) is 4.11. The van der Waals surface area contributed by atoms with Crippen LogP contribution in [0.15, 0.2) is 42.5 Å². The summed E-state index contributed by atoms with van der Waals surface area (Å²) < 4.78 is 0. The van der Waals surface area contributed by atoms with E-state index in [-0.39, 0.29) is 24.1 Å². The highest BCUT2D eigenvalue weighted by atomic mass is 35.5. The van der Waals surface area contributed by atoms with Gasteiger partial charge in [-0.25, -0.2) is 0 Å². The molecule has 0 aromatic heterocycles. The zero-order valence-electron chi connectivity index (χ0n) is 19.1. The van der Waals surface area contributed by atoms with Crippen molar-refractivity contribution in [3.63, 3.8) is 0 Å². The first-order valence-electron chi connectivity index (χ1n) is 11.9. The molecule has 0 bridgehead atoms. The number of amides is 3. The summed E-state index contributed by atoms with van der Waals surface area (Å²) in [6.07, 6.45) is 2.93. The Hall–Kier alpha value is -2.74. The number of hydrogen-bond donors (Lipinski definition) is 2. The predicted octanol–water partition coefficient (Wildman–Crippen LogP) is 2.86. The van der Waals surface area contributed by atoms with Gasteiger partial charge in [-0.2, -0.15) is 0 Å². The summed E-state index contributed by atoms with van der Waals surface area (Å²) in [6, 6.07) is 13.8. The first kappa shape index (κ1) is 23.0. The van der Waals surface area contributed by atoms with E-state index >= 15 is 0 Å². The molecule has 8 heteroatoms. The molecule has 2 unspecified atom stereocenters. The molecule has 7 nitrogen and oxygen atoms in total. The Morgan fingerprint density at radius 1 is 1.06 bits per heavy atom. The Balaban J connectivity index is 1.17. The van der Waals surface area contributed by atoms with Crippen molar-refractivity contribution in [2.45, 2.75) is 57.4 Å². The van der Waals surface area contributed by atoms with Crippen molar-refractivity contribution in [2.24, 2.45) is 0 Å². The van der Waals surface area contributed by atoms with E-state index in [0.717, 1.165) is 55.2 Å². The number of likely N-dealkylation sites (tertiary alicyclic amines) is 1. The van der Waals surface area contributed by atoms with Crippen LogP contribution in [0.1, 0.15) is 52.7 Å². The molecule has 2 saturated heterocycles. The molecule has 2 aromatic carbocycles. The molecule has 2 atom stereocenters. The van der Waals surface area contributed by atoms with Crippen LogP contribution in [-0.4, -0.2) is 52.7 Å². The van der Waals surface area contributed by atoms with Crippen LogP contribution in [0.2, 0.25) is 5.02 Å². The van der Waals surface area contributed by atoms with E-state index in [2.05, 4.69) is 27.7 Å². The highest BCUT2D eigenvalue weighted by Crippen LogP contribution is 2.28. The first-order chi connectivity index (χ1) is 16.5. The molecule has 3 heterocycles. The van der Waals surface area contributed by atoms with Gasteiger partial charge < -0.3 is 10.2 Å². The van der Waals surface area contributed by atoms with E-state index in [0.29, 0.717) is 24.6 Å². The largest absolute Gasteiger partial charge is 0.322 e. The van der Waals surface area contributed by atoms with Gasteiger partial charge in [-0.1, -0.05) is 35.9 Å². The smallest absolute Gasteiger partial charge is 0.255 e. The van der Waals surface area contributed by atoms with Crippen LogP contribution >= 0.6 is 11.6 Å². The summed E-state index contributed by atoms with van der Waals surface area (Å²) in [4.78, 5) is 40.6. The number of piperidine rings is 2. The summed E-state index contributed by atoms with van der Waals surface area (Å²) in [5.41, 5.74) is 3.96. The van der Waals surface area contributed by atoms with Gasteiger partial charge in [0, 0.05) is 49.2 Å². The lowest BCUT2D eigenvalue weighted by Gasteiger charge is -2.33. The minimum absolute atomic E-state index is 0.132. The van der Waals surface area contributed by atoms with Gasteiger partial charge in [0.2, 0.25) is 11.8 Å². The molecule has 3 aliphatic rings. The van der Waals surface area contributed by atoms with E-state index in [1.807, 2.05) is 30.3 Å². The van der Waals surface area contributed by atoms with Crippen LogP contribution in [0.3, 0.4) is 0 Å². The number of halogens is 1. The highest BCUT2D eigenvalue weighted by Gasteiger charge is 2.39. The van der Waals surface area contributed by atoms with Crippen LogP contribution < -0.4 is 10.6 Å². The lowest BCUT2D eigenvalue weighted by atomic mass is 10.0. The molecular formula is C26H29ClN4O3. The standard InChI is InChI=1S/C26H29ClN4O3/c27-20-4-1-3-18(12-20)14-30-10-2-5-21(16-30)28-13-17-6-7-22-19(11-17)15-31(26(22)34)23-8-9-24(32)29-25(23)33/h1,3-4,6-7,11-12,21,23,28H,2,5,8-10,13-16H2,(H,29,32,33). The number of rotatable bonds is 6. The number of hydrogen-bond acceptors (Lipinski definition) is 5. The molecule has 0 aliphatic carbocycles. The van der Waals surface area contributed by atoms with Crippen LogP contribution in [0, 0.1) is 0 Å². The van der Waals surface area contributed by atoms with E-state index in [9.17, 15) is 14.4 Å². The molecule has 3 aliphatic heterocycles. The van der Waals surface area contributed by atoms with Crippen molar-refractivity contribution in [3.8, 4) is 0 Å². The summed E-state index contributed by atoms with van der Waals surface area (Å²) in [5, 5.41) is 6.81. The van der Waals surface area contributed by atoms with Crippen molar-refractivity contribution in [1.29, 1.82) is 0 Å². The monoisotopic (exact) mass is 480 g/mol. The van der Waals surface area contributed by atoms with Crippen molar-refractivity contribution in [3.05, 3.63) is 69.7 Å². The Bertz CT molecular complexity index is 1120. The van der Waals surface area contributed by atoms with E-state index in [1.165, 1.54) is 5.56 Å². The van der Waals surface area contributed by atoms with E-state index in [1.54, 1.807) is 4.90 Å². The normalized spacial score (nSPS) is 23.2. The average Bonchev–Trinajstić information content (AvgIpc) is 3.13. The maximum Gasteiger partial charge on any atom is 0.255 e. The molecule has 178 valence electrons. The Morgan fingerprint density at radius 3 is 2.76 bits per heavy atom. The maximum atomic E-state index is 12.9. The third kappa shape index (κ3) is 5.02. The van der Waals surface area contributed by atoms with Gasteiger partial charge in [0.15, 0.2) is 0 Å². The van der Waals surface area contributed by atoms with Crippen molar-refractivity contribution < 1.29 is 14.4 Å². The second-order valence-corrected chi connectivity index (χ2v) is 9.91. The SMILES string of the molecule is O=C1CCC(N2Cc3cc(CNC4CCCN(Cc5cccc(Cl)c5)C4)ccc3C2=O)C(=O)N1. The number of nitrogens with zero attached hydrogens (tertiary/aromatic N) is 2.